The second-order valence-electron chi connectivity index (χ2n) is 8.46. The van der Waals surface area contributed by atoms with E-state index in [9.17, 15) is 14.4 Å². The van der Waals surface area contributed by atoms with Crippen LogP contribution in [-0.4, -0.2) is 66.9 Å². The summed E-state index contributed by atoms with van der Waals surface area (Å²) in [5.41, 5.74) is 1.33. The molecule has 4 rings (SSSR count). The molecule has 8 nitrogen and oxygen atoms in total. The van der Waals surface area contributed by atoms with E-state index >= 15 is 0 Å². The molecule has 0 aromatic heterocycles. The van der Waals surface area contributed by atoms with Gasteiger partial charge in [-0.3, -0.25) is 14.5 Å². The molecule has 0 aliphatic carbocycles. The molecule has 2 aliphatic rings. The fourth-order valence-electron chi connectivity index (χ4n) is 4.55. The standard InChI is InChI=1S/C25H31N5O3/c1-3-25(19-8-6-5-7-9-19)23(32)30(24(33)27-25)18-22(31)26-20-10-12-21(13-11-20)29-16-14-28(4-2)15-17-29/h5-13H,3-4,14-18H2,1-2H3,(H,26,31)(H,27,33). The third kappa shape index (κ3) is 4.57. The van der Waals surface area contributed by atoms with Crippen LogP contribution in [0.1, 0.15) is 25.8 Å². The maximum absolute atomic E-state index is 13.2. The summed E-state index contributed by atoms with van der Waals surface area (Å²) >= 11 is 0. The normalized spacial score (nSPS) is 21.3. The van der Waals surface area contributed by atoms with Crippen molar-refractivity contribution in [3.8, 4) is 0 Å². The number of benzene rings is 2. The molecule has 2 fully saturated rings. The molecule has 2 heterocycles. The first-order valence-electron chi connectivity index (χ1n) is 11.5. The smallest absolute Gasteiger partial charge is 0.325 e. The van der Waals surface area contributed by atoms with Crippen molar-refractivity contribution in [2.75, 3.05) is 49.5 Å². The van der Waals surface area contributed by atoms with Crippen LogP contribution in [0.3, 0.4) is 0 Å². The predicted octanol–water partition coefficient (Wildman–Crippen LogP) is 2.62. The van der Waals surface area contributed by atoms with Gasteiger partial charge in [0.2, 0.25) is 5.91 Å². The minimum Gasteiger partial charge on any atom is -0.369 e. The minimum absolute atomic E-state index is 0.333. The molecule has 174 valence electrons. The van der Waals surface area contributed by atoms with E-state index in [2.05, 4.69) is 27.4 Å². The first-order valence-corrected chi connectivity index (χ1v) is 11.5. The van der Waals surface area contributed by atoms with E-state index < -0.39 is 23.4 Å². The van der Waals surface area contributed by atoms with Gasteiger partial charge in [0.25, 0.3) is 5.91 Å². The molecule has 8 heteroatoms. The average Bonchev–Trinajstić information content (AvgIpc) is 3.10. The Balaban J connectivity index is 1.38. The molecular formula is C25H31N5O3. The third-order valence-corrected chi connectivity index (χ3v) is 6.61. The molecular weight excluding hydrogens is 418 g/mol. The van der Waals surface area contributed by atoms with E-state index in [1.54, 1.807) is 0 Å². The summed E-state index contributed by atoms with van der Waals surface area (Å²) in [4.78, 5) is 44.2. The number of rotatable bonds is 7. The zero-order valence-electron chi connectivity index (χ0n) is 19.2. The Morgan fingerprint density at radius 2 is 1.64 bits per heavy atom. The molecule has 0 bridgehead atoms. The van der Waals surface area contributed by atoms with Crippen LogP contribution in [-0.2, 0) is 15.1 Å². The number of nitrogens with zero attached hydrogens (tertiary/aromatic N) is 3. The SMILES string of the molecule is CCN1CCN(c2ccc(NC(=O)CN3C(=O)NC(CC)(c4ccccc4)C3=O)cc2)CC1. The number of amides is 4. The second kappa shape index (κ2) is 9.62. The summed E-state index contributed by atoms with van der Waals surface area (Å²) in [5.74, 6) is -0.819. The molecule has 2 aromatic rings. The van der Waals surface area contributed by atoms with Gasteiger partial charge in [0.1, 0.15) is 12.1 Å². The van der Waals surface area contributed by atoms with Crippen molar-refractivity contribution in [1.82, 2.24) is 15.1 Å². The maximum atomic E-state index is 13.2. The maximum Gasteiger partial charge on any atom is 0.325 e. The lowest BCUT2D eigenvalue weighted by Gasteiger charge is -2.35. The number of anilines is 2. The number of urea groups is 1. The summed E-state index contributed by atoms with van der Waals surface area (Å²) in [5, 5.41) is 5.60. The summed E-state index contributed by atoms with van der Waals surface area (Å²) in [6, 6.07) is 16.3. The fourth-order valence-corrected chi connectivity index (χ4v) is 4.55. The van der Waals surface area contributed by atoms with E-state index in [-0.39, 0.29) is 6.54 Å². The van der Waals surface area contributed by atoms with Gasteiger partial charge in [-0.2, -0.15) is 0 Å². The third-order valence-electron chi connectivity index (χ3n) is 6.61. The fraction of sp³-hybridized carbons (Fsp3) is 0.400. The number of carbonyl (C=O) groups is 3. The largest absolute Gasteiger partial charge is 0.369 e. The van der Waals surface area contributed by atoms with Gasteiger partial charge in [-0.1, -0.05) is 44.2 Å². The van der Waals surface area contributed by atoms with Crippen molar-refractivity contribution < 1.29 is 14.4 Å². The first kappa shape index (κ1) is 22.8. The Hall–Kier alpha value is -3.39. The van der Waals surface area contributed by atoms with Gasteiger partial charge < -0.3 is 20.4 Å². The lowest BCUT2D eigenvalue weighted by atomic mass is 9.87. The minimum atomic E-state index is -1.14. The van der Waals surface area contributed by atoms with Crippen LogP contribution in [0, 0.1) is 0 Å². The highest BCUT2D eigenvalue weighted by atomic mass is 16.2. The van der Waals surface area contributed by atoms with Gasteiger partial charge >= 0.3 is 6.03 Å². The highest BCUT2D eigenvalue weighted by Gasteiger charge is 2.51. The van der Waals surface area contributed by atoms with Crippen LogP contribution in [0.5, 0.6) is 0 Å². The molecule has 0 radical (unpaired) electrons. The van der Waals surface area contributed by atoms with Crippen molar-refractivity contribution in [3.05, 3.63) is 60.2 Å². The molecule has 0 spiro atoms. The van der Waals surface area contributed by atoms with E-state index in [1.807, 2.05) is 61.5 Å². The summed E-state index contributed by atoms with van der Waals surface area (Å²) in [6.07, 6.45) is 0.397. The molecule has 1 atom stereocenters. The molecule has 2 aliphatic heterocycles. The lowest BCUT2D eigenvalue weighted by Crippen LogP contribution is -2.46. The Kier molecular flexibility index (Phi) is 6.65. The number of nitrogens with one attached hydrogen (secondary N) is 2. The van der Waals surface area contributed by atoms with Crippen molar-refractivity contribution in [2.24, 2.45) is 0 Å². The van der Waals surface area contributed by atoms with Crippen molar-refractivity contribution >= 4 is 29.2 Å². The molecule has 2 N–H and O–H groups in total. The lowest BCUT2D eigenvalue weighted by molar-refractivity contribution is -0.134. The zero-order valence-corrected chi connectivity index (χ0v) is 19.2. The monoisotopic (exact) mass is 449 g/mol. The average molecular weight is 450 g/mol. The van der Waals surface area contributed by atoms with Crippen molar-refractivity contribution in [2.45, 2.75) is 25.8 Å². The molecule has 2 saturated heterocycles. The summed E-state index contributed by atoms with van der Waals surface area (Å²) in [7, 11) is 0. The Labute approximate surface area is 194 Å². The number of piperazine rings is 1. The number of imide groups is 1. The van der Waals surface area contributed by atoms with E-state index in [1.165, 1.54) is 0 Å². The van der Waals surface area contributed by atoms with Gasteiger partial charge in [-0.25, -0.2) is 4.79 Å². The van der Waals surface area contributed by atoms with Crippen LogP contribution in [0.4, 0.5) is 16.2 Å². The zero-order chi connectivity index (χ0) is 23.4. The highest BCUT2D eigenvalue weighted by molar-refractivity contribution is 6.10. The topological polar surface area (TPSA) is 85.0 Å². The van der Waals surface area contributed by atoms with Gasteiger partial charge in [0.05, 0.1) is 0 Å². The Bertz CT molecular complexity index is 1000. The van der Waals surface area contributed by atoms with Crippen molar-refractivity contribution in [3.63, 3.8) is 0 Å². The van der Waals surface area contributed by atoms with Gasteiger partial charge in [0.15, 0.2) is 0 Å². The van der Waals surface area contributed by atoms with Crippen LogP contribution in [0.15, 0.2) is 54.6 Å². The number of hydrogen-bond donors (Lipinski definition) is 2. The summed E-state index contributed by atoms with van der Waals surface area (Å²) in [6.45, 7) is 8.81. The van der Waals surface area contributed by atoms with Gasteiger partial charge in [0, 0.05) is 37.6 Å². The van der Waals surface area contributed by atoms with Gasteiger partial charge in [-0.05, 0) is 42.8 Å². The van der Waals surface area contributed by atoms with Gasteiger partial charge in [-0.15, -0.1) is 0 Å². The second-order valence-corrected chi connectivity index (χ2v) is 8.46. The highest BCUT2D eigenvalue weighted by Crippen LogP contribution is 2.32. The van der Waals surface area contributed by atoms with E-state index in [0.717, 1.165) is 43.3 Å². The number of carbonyl (C=O) groups excluding carboxylic acids is 3. The molecule has 0 saturated carbocycles. The predicted molar refractivity (Wildman–Crippen MR) is 128 cm³/mol. The van der Waals surface area contributed by atoms with Crippen LogP contribution in [0.2, 0.25) is 0 Å². The van der Waals surface area contributed by atoms with Crippen LogP contribution < -0.4 is 15.5 Å². The molecule has 2 aromatic carbocycles. The van der Waals surface area contributed by atoms with E-state index in [0.29, 0.717) is 17.7 Å². The Morgan fingerprint density at radius 1 is 0.970 bits per heavy atom. The number of likely N-dealkylation sites (N-methyl/N-ethyl adjacent to an activating group) is 1. The first-order chi connectivity index (χ1) is 16.0. The quantitative estimate of drug-likeness (QED) is 0.635. The van der Waals surface area contributed by atoms with Crippen LogP contribution in [0.25, 0.3) is 0 Å². The summed E-state index contributed by atoms with van der Waals surface area (Å²) < 4.78 is 0. The van der Waals surface area contributed by atoms with E-state index in [4.69, 9.17) is 0 Å². The molecule has 4 amide bonds. The molecule has 33 heavy (non-hydrogen) atoms. The Morgan fingerprint density at radius 3 is 2.24 bits per heavy atom. The van der Waals surface area contributed by atoms with Crippen LogP contribution >= 0.6 is 0 Å². The number of hydrogen-bond acceptors (Lipinski definition) is 5. The van der Waals surface area contributed by atoms with Crippen molar-refractivity contribution in [1.29, 1.82) is 0 Å². The molecule has 1 unspecified atom stereocenters.